The predicted octanol–water partition coefficient (Wildman–Crippen LogP) is 8.80. The van der Waals surface area contributed by atoms with E-state index in [9.17, 15) is 5.26 Å². The molecule has 1 aromatic heterocycles. The number of para-hydroxylation sites is 1. The zero-order valence-electron chi connectivity index (χ0n) is 27.0. The zero-order valence-corrected chi connectivity index (χ0v) is 28.0. The first kappa shape index (κ1) is 30.4. The Balaban J connectivity index is 1.43. The number of aromatic nitrogens is 1. The second-order valence-electron chi connectivity index (χ2n) is 12.2. The van der Waals surface area contributed by atoms with Crippen molar-refractivity contribution in [3.8, 4) is 22.9 Å². The SMILES string of the molecule is [C-]#[N+]c1ccc([Si](c2ccccc2)(c2ccccc2)c2ccccc2)c(-c2ccc(-n3c4ccccc4c4cc(C#N)ccc43)c([N+]#[C-])c2)c1. The van der Waals surface area contributed by atoms with Crippen LogP contribution in [0, 0.1) is 24.5 Å². The summed E-state index contributed by atoms with van der Waals surface area (Å²) in [7, 11) is -2.95. The van der Waals surface area contributed by atoms with Crippen molar-refractivity contribution in [1.82, 2.24) is 4.57 Å². The molecule has 50 heavy (non-hydrogen) atoms. The fourth-order valence-corrected chi connectivity index (χ4v) is 12.4. The van der Waals surface area contributed by atoms with Crippen molar-refractivity contribution >= 4 is 62.0 Å². The summed E-state index contributed by atoms with van der Waals surface area (Å²) in [6.45, 7) is 16.4. The Hall–Kier alpha value is -6.97. The van der Waals surface area contributed by atoms with Crippen molar-refractivity contribution < 1.29 is 0 Å². The first-order valence-electron chi connectivity index (χ1n) is 16.3. The van der Waals surface area contributed by atoms with Crippen molar-refractivity contribution in [3.05, 3.63) is 198 Å². The van der Waals surface area contributed by atoms with E-state index in [2.05, 4.69) is 136 Å². The van der Waals surface area contributed by atoms with Crippen molar-refractivity contribution in [3.63, 3.8) is 0 Å². The normalized spacial score (nSPS) is 11.1. The van der Waals surface area contributed by atoms with Crippen LogP contribution in [-0.4, -0.2) is 12.6 Å². The average Bonchev–Trinajstić information content (AvgIpc) is 3.52. The van der Waals surface area contributed by atoms with Gasteiger partial charge in [-0.1, -0.05) is 127 Å². The molecule has 8 aromatic rings. The molecule has 0 unspecified atom stereocenters. The molecule has 7 aromatic carbocycles. The van der Waals surface area contributed by atoms with Gasteiger partial charge in [-0.3, -0.25) is 0 Å². The topological polar surface area (TPSA) is 37.4 Å². The molecule has 4 nitrogen and oxygen atoms in total. The van der Waals surface area contributed by atoms with Crippen LogP contribution in [0.25, 0.3) is 48.3 Å². The van der Waals surface area contributed by atoms with Crippen LogP contribution in [0.2, 0.25) is 0 Å². The summed E-state index contributed by atoms with van der Waals surface area (Å²) in [6.07, 6.45) is 0. The number of hydrogen-bond donors (Lipinski definition) is 0. The quantitative estimate of drug-likeness (QED) is 0.101. The number of rotatable bonds is 6. The first-order valence-corrected chi connectivity index (χ1v) is 18.3. The van der Waals surface area contributed by atoms with Crippen LogP contribution in [0.15, 0.2) is 170 Å². The number of nitrogens with zero attached hydrogens (tertiary/aromatic N) is 4. The molecule has 0 saturated carbocycles. The third kappa shape index (κ3) is 4.80. The third-order valence-corrected chi connectivity index (χ3v) is 14.4. The van der Waals surface area contributed by atoms with Crippen molar-refractivity contribution in [2.24, 2.45) is 0 Å². The number of nitriles is 1. The smallest absolute Gasteiger partial charge is 0.211 e. The minimum Gasteiger partial charge on any atom is -0.319 e. The lowest BCUT2D eigenvalue weighted by Crippen LogP contribution is -2.75. The standard InChI is InChI=1S/C45H28N4Si/c1-47-34-24-27-45(50(35-14-6-3-7-15-35,36-16-8-4-9-17-36)37-18-10-5-11-19-37)39(30-34)33-23-26-44(41(29-33)48-2)49-42-21-13-12-20-38(42)40-28-32(31-46)22-25-43(40)49/h3-30H. The summed E-state index contributed by atoms with van der Waals surface area (Å²) >= 11 is 0. The first-order chi connectivity index (χ1) is 24.7. The lowest BCUT2D eigenvalue weighted by Gasteiger charge is -2.36. The molecule has 0 bridgehead atoms. The molecule has 1 heterocycles. The average molecular weight is 653 g/mol. The molecule has 8 rings (SSSR count). The van der Waals surface area contributed by atoms with Gasteiger partial charge < -0.3 is 4.57 Å². The lowest BCUT2D eigenvalue weighted by molar-refractivity contribution is 1.19. The van der Waals surface area contributed by atoms with Gasteiger partial charge >= 0.3 is 0 Å². The van der Waals surface area contributed by atoms with Crippen LogP contribution >= 0.6 is 0 Å². The van der Waals surface area contributed by atoms with Crippen LogP contribution in [0.5, 0.6) is 0 Å². The number of hydrogen-bond acceptors (Lipinski definition) is 1. The molecule has 0 fully saturated rings. The van der Waals surface area contributed by atoms with Gasteiger partial charge in [0.25, 0.3) is 0 Å². The molecule has 5 heteroatoms. The molecular weight excluding hydrogens is 625 g/mol. The van der Waals surface area contributed by atoms with Gasteiger partial charge in [0.15, 0.2) is 13.8 Å². The van der Waals surface area contributed by atoms with E-state index < -0.39 is 8.07 Å². The van der Waals surface area contributed by atoms with Gasteiger partial charge in [0.05, 0.1) is 41.5 Å². The molecule has 0 aliphatic heterocycles. The molecule has 0 atom stereocenters. The van der Waals surface area contributed by atoms with Crippen LogP contribution in [0.1, 0.15) is 5.56 Å². The maximum atomic E-state index is 9.64. The number of fused-ring (bicyclic) bond motifs is 3. The summed E-state index contributed by atoms with van der Waals surface area (Å²) in [5.74, 6) is 0. The molecule has 0 amide bonds. The van der Waals surface area contributed by atoms with Gasteiger partial charge in [0.1, 0.15) is 0 Å². The predicted molar refractivity (Wildman–Crippen MR) is 207 cm³/mol. The lowest BCUT2D eigenvalue weighted by atomic mass is 10.0. The maximum Gasteiger partial charge on any atom is 0.211 e. The van der Waals surface area contributed by atoms with Gasteiger partial charge in [-0.15, -0.1) is 0 Å². The minimum atomic E-state index is -2.95. The van der Waals surface area contributed by atoms with E-state index in [-0.39, 0.29) is 0 Å². The summed E-state index contributed by atoms with van der Waals surface area (Å²) in [4.78, 5) is 7.96. The Morgan fingerprint density at radius 1 is 0.540 bits per heavy atom. The van der Waals surface area contributed by atoms with Gasteiger partial charge in [0, 0.05) is 10.8 Å². The van der Waals surface area contributed by atoms with Crippen LogP contribution in [0.3, 0.4) is 0 Å². The fourth-order valence-electron chi connectivity index (χ4n) is 7.47. The molecule has 0 saturated heterocycles. The van der Waals surface area contributed by atoms with Crippen molar-refractivity contribution in [1.29, 1.82) is 5.26 Å². The van der Waals surface area contributed by atoms with E-state index in [0.717, 1.165) is 43.8 Å². The second-order valence-corrected chi connectivity index (χ2v) is 16.0. The Kier molecular flexibility index (Phi) is 7.63. The Morgan fingerprint density at radius 2 is 1.14 bits per heavy atom. The van der Waals surface area contributed by atoms with Crippen LogP contribution in [-0.2, 0) is 0 Å². The number of benzene rings is 7. The second kappa shape index (κ2) is 12.6. The van der Waals surface area contributed by atoms with Gasteiger partial charge in [-0.2, -0.15) is 5.26 Å². The molecule has 0 spiro atoms. The van der Waals surface area contributed by atoms with Crippen LogP contribution < -0.4 is 20.7 Å². The molecule has 0 N–H and O–H groups in total. The molecule has 0 radical (unpaired) electrons. The van der Waals surface area contributed by atoms with E-state index >= 15 is 0 Å². The Morgan fingerprint density at radius 3 is 1.74 bits per heavy atom. The molecule has 0 aliphatic rings. The van der Waals surface area contributed by atoms with E-state index in [1.807, 2.05) is 54.6 Å². The van der Waals surface area contributed by atoms with E-state index in [1.54, 1.807) is 0 Å². The molecule has 232 valence electrons. The summed E-state index contributed by atoms with van der Waals surface area (Å²) < 4.78 is 2.12. The highest BCUT2D eigenvalue weighted by atomic mass is 28.3. The zero-order chi connectivity index (χ0) is 34.1. The summed E-state index contributed by atoms with van der Waals surface area (Å²) in [5, 5.41) is 16.5. The fraction of sp³-hybridized carbons (Fsp3) is 0. The van der Waals surface area contributed by atoms with Gasteiger partial charge in [-0.05, 0) is 74.3 Å². The van der Waals surface area contributed by atoms with Gasteiger partial charge in [-0.25, -0.2) is 9.69 Å². The van der Waals surface area contributed by atoms with Crippen molar-refractivity contribution in [2.45, 2.75) is 0 Å². The Labute approximate surface area is 292 Å². The maximum absolute atomic E-state index is 9.64. The minimum absolute atomic E-state index is 0.500. The summed E-state index contributed by atoms with van der Waals surface area (Å²) in [6, 6.07) is 60.4. The van der Waals surface area contributed by atoms with E-state index in [0.29, 0.717) is 16.9 Å². The highest BCUT2D eigenvalue weighted by Gasteiger charge is 2.43. The van der Waals surface area contributed by atoms with E-state index in [1.165, 1.54) is 15.6 Å². The third-order valence-electron chi connectivity index (χ3n) is 9.61. The van der Waals surface area contributed by atoms with Crippen molar-refractivity contribution in [2.75, 3.05) is 0 Å². The summed E-state index contributed by atoms with van der Waals surface area (Å²) in [5.41, 5.74) is 6.13. The highest BCUT2D eigenvalue weighted by molar-refractivity contribution is 7.20. The van der Waals surface area contributed by atoms with Crippen LogP contribution in [0.4, 0.5) is 11.4 Å². The van der Waals surface area contributed by atoms with Gasteiger partial charge in [0.2, 0.25) is 5.69 Å². The monoisotopic (exact) mass is 652 g/mol. The van der Waals surface area contributed by atoms with E-state index in [4.69, 9.17) is 13.1 Å². The molecule has 0 aliphatic carbocycles. The highest BCUT2D eigenvalue weighted by Crippen LogP contribution is 2.38. The Bertz CT molecular complexity index is 2580. The largest absolute Gasteiger partial charge is 0.319 e. The molecular formula is C45H28N4Si.